The van der Waals surface area contributed by atoms with E-state index in [0.717, 1.165) is 0 Å². The molecule has 0 aliphatic carbocycles. The van der Waals surface area contributed by atoms with Gasteiger partial charge in [0.05, 0.1) is 0 Å². The third-order valence-corrected chi connectivity index (χ3v) is 0.289. The highest BCUT2D eigenvalue weighted by Crippen LogP contribution is 1.61. The van der Waals surface area contributed by atoms with E-state index < -0.39 is 12.2 Å². The van der Waals surface area contributed by atoms with Gasteiger partial charge in [0, 0.05) is 12.9 Å². The summed E-state index contributed by atoms with van der Waals surface area (Å²) in [7, 11) is 0. The third kappa shape index (κ3) is 111. The highest BCUT2D eigenvalue weighted by Gasteiger charge is 1.73. The van der Waals surface area contributed by atoms with Gasteiger partial charge in [-0.05, 0) is 6.42 Å². The topological polar surface area (TPSA) is 88.0 Å². The fraction of sp³-hybridized carbons (Fsp3) is 0.800. The van der Waals surface area contributed by atoms with Crippen LogP contribution in [0.1, 0.15) is 20.3 Å². The minimum absolute atomic E-state index is 0.111. The Morgan fingerprint density at radius 1 is 1.89 bits per heavy atom. The second-order valence-corrected chi connectivity index (χ2v) is 1.57. The summed E-state index contributed by atoms with van der Waals surface area (Å²) in [5, 5.41) is 17.2. The zero-order valence-corrected chi connectivity index (χ0v) is 5.76. The molecular formula is C5H13NO3. The number of quaternary nitrogens is 1. The summed E-state index contributed by atoms with van der Waals surface area (Å²) in [4.78, 5) is 9.26. The summed E-state index contributed by atoms with van der Waals surface area (Å²) in [6, 6.07) is 0. The number of carboxylic acid groups (broad SMARTS) is 1. The lowest BCUT2D eigenvalue weighted by Crippen LogP contribution is -2.58. The molecule has 0 aromatic rings. The van der Waals surface area contributed by atoms with Gasteiger partial charge in [-0.25, -0.2) is 0 Å². The fourth-order valence-corrected chi connectivity index (χ4v) is 0. The quantitative estimate of drug-likeness (QED) is 0.397. The van der Waals surface area contributed by atoms with Crippen LogP contribution in [0.4, 0.5) is 0 Å². The van der Waals surface area contributed by atoms with Gasteiger partial charge in [-0.2, -0.15) is 0 Å². The summed E-state index contributed by atoms with van der Waals surface area (Å²) >= 11 is 0. The lowest BCUT2D eigenvalue weighted by atomic mass is 10.5. The van der Waals surface area contributed by atoms with Gasteiger partial charge in [0.25, 0.3) is 0 Å². The minimum Gasteiger partial charge on any atom is -0.550 e. The van der Waals surface area contributed by atoms with Crippen molar-refractivity contribution in [3.63, 3.8) is 0 Å². The first-order valence-corrected chi connectivity index (χ1v) is 2.71. The lowest BCUT2D eigenvalue weighted by molar-refractivity contribution is -0.475. The molecule has 4 nitrogen and oxygen atoms in total. The van der Waals surface area contributed by atoms with Crippen molar-refractivity contribution in [2.24, 2.45) is 0 Å². The predicted octanol–water partition coefficient (Wildman–Crippen LogP) is -2.29. The van der Waals surface area contributed by atoms with Gasteiger partial charge in [0.15, 0.2) is 6.23 Å². The van der Waals surface area contributed by atoms with Crippen molar-refractivity contribution in [3.8, 4) is 0 Å². The normalized spacial score (nSPS) is 11.1. The van der Waals surface area contributed by atoms with Crippen LogP contribution in [0.15, 0.2) is 0 Å². The van der Waals surface area contributed by atoms with Crippen molar-refractivity contribution >= 4 is 5.97 Å². The monoisotopic (exact) mass is 135 g/mol. The Balaban J connectivity index is 0. The molecule has 0 saturated carbocycles. The first-order chi connectivity index (χ1) is 4.00. The van der Waals surface area contributed by atoms with Gasteiger partial charge in [-0.3, -0.25) is 0 Å². The summed E-state index contributed by atoms with van der Waals surface area (Å²) < 4.78 is 0. The number of hydrogen-bond donors (Lipinski definition) is 2. The molecule has 56 valence electrons. The standard InChI is InChI=1S/C3H6O2.C2H7NO/c1-2-3(4)5;1-2(3)4/h2H2,1H3,(H,4,5);2,4H,3H2,1H3. The number of hydrogen-bond acceptors (Lipinski definition) is 3. The molecule has 9 heavy (non-hydrogen) atoms. The molecule has 0 saturated heterocycles. The van der Waals surface area contributed by atoms with Crippen molar-refractivity contribution in [3.05, 3.63) is 0 Å². The number of carboxylic acids is 1. The molecule has 0 aromatic carbocycles. The average Bonchev–Trinajstić information content (AvgIpc) is 1.65. The van der Waals surface area contributed by atoms with E-state index in [1.165, 1.54) is 6.92 Å². The van der Waals surface area contributed by atoms with Gasteiger partial charge in [-0.15, -0.1) is 0 Å². The number of aliphatic hydroxyl groups is 1. The van der Waals surface area contributed by atoms with E-state index in [1.807, 2.05) is 0 Å². The molecule has 0 aromatic heterocycles. The van der Waals surface area contributed by atoms with E-state index in [4.69, 9.17) is 5.11 Å². The second kappa shape index (κ2) is 7.39. The molecule has 0 aliphatic heterocycles. The predicted molar refractivity (Wildman–Crippen MR) is 29.9 cm³/mol. The maximum atomic E-state index is 9.26. The van der Waals surface area contributed by atoms with E-state index in [9.17, 15) is 9.90 Å². The maximum Gasteiger partial charge on any atom is 0.182 e. The van der Waals surface area contributed by atoms with Gasteiger partial charge >= 0.3 is 0 Å². The highest BCUT2D eigenvalue weighted by molar-refractivity contribution is 5.63. The van der Waals surface area contributed by atoms with Crippen molar-refractivity contribution in [2.75, 3.05) is 0 Å². The number of rotatable bonds is 1. The van der Waals surface area contributed by atoms with E-state index in [0.29, 0.717) is 0 Å². The van der Waals surface area contributed by atoms with Crippen LogP contribution in [0.2, 0.25) is 0 Å². The molecule has 0 bridgehead atoms. The molecule has 1 atom stereocenters. The van der Waals surface area contributed by atoms with Crippen LogP contribution in [0.25, 0.3) is 0 Å². The van der Waals surface area contributed by atoms with Crippen molar-refractivity contribution in [1.29, 1.82) is 0 Å². The summed E-state index contributed by atoms with van der Waals surface area (Å²) in [6.07, 6.45) is -0.306. The number of aliphatic hydroxyl groups excluding tert-OH is 1. The fourth-order valence-electron chi connectivity index (χ4n) is 0. The molecule has 0 aliphatic rings. The molecule has 1 unspecified atom stereocenters. The highest BCUT2D eigenvalue weighted by atomic mass is 16.4. The third-order valence-electron chi connectivity index (χ3n) is 0.289. The molecule has 0 amide bonds. The van der Waals surface area contributed by atoms with Gasteiger partial charge in [0.1, 0.15) is 0 Å². The number of carbonyl (C=O) groups is 1. The van der Waals surface area contributed by atoms with Crippen LogP contribution in [0.5, 0.6) is 0 Å². The zero-order chi connectivity index (χ0) is 7.86. The largest absolute Gasteiger partial charge is 0.550 e. The number of aliphatic carboxylic acids is 1. The Kier molecular flexibility index (Phi) is 9.21. The van der Waals surface area contributed by atoms with E-state index in [-0.39, 0.29) is 6.42 Å². The van der Waals surface area contributed by atoms with Gasteiger partial charge in [-0.1, -0.05) is 6.92 Å². The van der Waals surface area contributed by atoms with Crippen LogP contribution in [-0.4, -0.2) is 17.3 Å². The van der Waals surface area contributed by atoms with Crippen molar-refractivity contribution in [1.82, 2.24) is 0 Å². The van der Waals surface area contributed by atoms with Crippen LogP contribution in [-0.2, 0) is 4.79 Å². The summed E-state index contributed by atoms with van der Waals surface area (Å²) in [5.41, 5.74) is 3.19. The first kappa shape index (κ1) is 11.2. The summed E-state index contributed by atoms with van der Waals surface area (Å²) in [5.74, 6) is -0.995. The van der Waals surface area contributed by atoms with E-state index in [1.54, 1.807) is 6.92 Å². The van der Waals surface area contributed by atoms with Gasteiger partial charge in [0.2, 0.25) is 0 Å². The zero-order valence-electron chi connectivity index (χ0n) is 5.76. The average molecular weight is 135 g/mol. The molecule has 0 radical (unpaired) electrons. The Labute approximate surface area is 54.3 Å². The Bertz CT molecular complexity index is 69.8. The van der Waals surface area contributed by atoms with E-state index in [2.05, 4.69) is 5.73 Å². The number of carbonyl (C=O) groups excluding carboxylic acids is 1. The van der Waals surface area contributed by atoms with Crippen molar-refractivity contribution < 1.29 is 20.7 Å². The van der Waals surface area contributed by atoms with Crippen molar-refractivity contribution in [2.45, 2.75) is 26.5 Å². The maximum absolute atomic E-state index is 9.26. The molecule has 0 fully saturated rings. The van der Waals surface area contributed by atoms with Crippen LogP contribution in [0, 0.1) is 0 Å². The Hall–Kier alpha value is -0.610. The van der Waals surface area contributed by atoms with Crippen LogP contribution in [0.3, 0.4) is 0 Å². The summed E-state index contributed by atoms with van der Waals surface area (Å²) in [6.45, 7) is 3.15. The molecular weight excluding hydrogens is 122 g/mol. The van der Waals surface area contributed by atoms with Crippen LogP contribution < -0.4 is 10.8 Å². The van der Waals surface area contributed by atoms with Gasteiger partial charge < -0.3 is 20.7 Å². The minimum atomic E-state index is -0.995. The first-order valence-electron chi connectivity index (χ1n) is 2.71. The molecule has 0 heterocycles. The molecule has 4 N–H and O–H groups in total. The second-order valence-electron chi connectivity index (χ2n) is 1.57. The lowest BCUT2D eigenvalue weighted by Gasteiger charge is -1.87. The molecule has 4 heteroatoms. The smallest absolute Gasteiger partial charge is 0.182 e. The van der Waals surface area contributed by atoms with E-state index >= 15 is 0 Å². The Morgan fingerprint density at radius 2 is 2.00 bits per heavy atom. The molecule has 0 rings (SSSR count). The Morgan fingerprint density at radius 3 is 2.00 bits per heavy atom. The SMILES string of the molecule is CC([NH3+])O.CCC(=O)[O-]. The van der Waals surface area contributed by atoms with Crippen LogP contribution >= 0.6 is 0 Å². The molecule has 0 spiro atoms.